The first-order valence-corrected chi connectivity index (χ1v) is 9.69. The Morgan fingerprint density at radius 1 is 0.897 bits per heavy atom. The highest BCUT2D eigenvalue weighted by Crippen LogP contribution is 2.20. The molecule has 2 rings (SSSR count). The zero-order valence-corrected chi connectivity index (χ0v) is 17.3. The lowest BCUT2D eigenvalue weighted by Crippen LogP contribution is -2.35. The van der Waals surface area contributed by atoms with Gasteiger partial charge in [0.1, 0.15) is 0 Å². The maximum atomic E-state index is 12.3. The van der Waals surface area contributed by atoms with Gasteiger partial charge in [-0.2, -0.15) is 0 Å². The van der Waals surface area contributed by atoms with Crippen LogP contribution in [0.4, 0.5) is 17.1 Å². The summed E-state index contributed by atoms with van der Waals surface area (Å²) in [6.07, 6.45) is 0.248. The number of nitrogens with one attached hydrogen (secondary N) is 3. The molecular weight excluding hydrogens is 392 g/mol. The summed E-state index contributed by atoms with van der Waals surface area (Å²) in [5.74, 6) is -0.491. The Morgan fingerprint density at radius 2 is 1.52 bits per heavy atom. The quantitative estimate of drug-likeness (QED) is 0.582. The van der Waals surface area contributed by atoms with E-state index < -0.39 is 0 Å². The topological polar surface area (TPSA) is 90.5 Å². The molecule has 0 saturated carbocycles. The SMILES string of the molecule is CCN(CCC(=O)Nc1ccccc1Cl)CC(=O)Nc1ccc(NC(C)=O)cc1. The molecule has 3 N–H and O–H groups in total. The van der Waals surface area contributed by atoms with Gasteiger partial charge in [-0.15, -0.1) is 0 Å². The summed E-state index contributed by atoms with van der Waals surface area (Å²) in [6.45, 7) is 4.62. The van der Waals surface area contributed by atoms with Gasteiger partial charge in [-0.25, -0.2) is 0 Å². The number of hydrogen-bond donors (Lipinski definition) is 3. The van der Waals surface area contributed by atoms with Crippen molar-refractivity contribution in [1.29, 1.82) is 0 Å². The lowest BCUT2D eigenvalue weighted by Gasteiger charge is -2.19. The lowest BCUT2D eigenvalue weighted by atomic mass is 10.2. The molecule has 0 bridgehead atoms. The third-order valence-electron chi connectivity index (χ3n) is 4.11. The van der Waals surface area contributed by atoms with Crippen LogP contribution in [-0.4, -0.2) is 42.3 Å². The van der Waals surface area contributed by atoms with Crippen molar-refractivity contribution in [2.24, 2.45) is 0 Å². The Bertz CT molecular complexity index is 855. The average Bonchev–Trinajstić information content (AvgIpc) is 2.68. The summed E-state index contributed by atoms with van der Waals surface area (Å²) in [6, 6.07) is 13.9. The zero-order chi connectivity index (χ0) is 21.2. The van der Waals surface area contributed by atoms with Crippen LogP contribution in [0.15, 0.2) is 48.5 Å². The van der Waals surface area contributed by atoms with Crippen molar-refractivity contribution in [3.8, 4) is 0 Å². The molecule has 0 saturated heterocycles. The van der Waals surface area contributed by atoms with Crippen LogP contribution < -0.4 is 16.0 Å². The molecule has 0 unspecified atom stereocenters. The predicted molar refractivity (Wildman–Crippen MR) is 116 cm³/mol. The predicted octanol–water partition coefficient (Wildman–Crippen LogP) is 3.59. The van der Waals surface area contributed by atoms with Gasteiger partial charge in [0, 0.05) is 31.3 Å². The van der Waals surface area contributed by atoms with Crippen molar-refractivity contribution < 1.29 is 14.4 Å². The number of amides is 3. The summed E-state index contributed by atoms with van der Waals surface area (Å²) in [7, 11) is 0. The fourth-order valence-corrected chi connectivity index (χ4v) is 2.81. The number of hydrogen-bond acceptors (Lipinski definition) is 4. The van der Waals surface area contributed by atoms with Crippen molar-refractivity contribution >= 4 is 46.4 Å². The first-order valence-electron chi connectivity index (χ1n) is 9.31. The molecule has 0 aliphatic heterocycles. The Balaban J connectivity index is 1.79. The number of anilines is 3. The van der Waals surface area contributed by atoms with Gasteiger partial charge < -0.3 is 16.0 Å². The number of carbonyl (C=O) groups excluding carboxylic acids is 3. The Hall–Kier alpha value is -2.90. The largest absolute Gasteiger partial charge is 0.326 e. The van der Waals surface area contributed by atoms with Crippen LogP contribution in [0, 0.1) is 0 Å². The Morgan fingerprint density at radius 3 is 2.10 bits per heavy atom. The van der Waals surface area contributed by atoms with Crippen LogP contribution in [0.1, 0.15) is 20.3 Å². The van der Waals surface area contributed by atoms with Crippen LogP contribution >= 0.6 is 11.6 Å². The van der Waals surface area contributed by atoms with E-state index in [2.05, 4.69) is 16.0 Å². The molecule has 2 aromatic carbocycles. The van der Waals surface area contributed by atoms with E-state index in [1.807, 2.05) is 11.8 Å². The number of benzene rings is 2. The van der Waals surface area contributed by atoms with Crippen molar-refractivity contribution in [2.45, 2.75) is 20.3 Å². The van der Waals surface area contributed by atoms with E-state index in [-0.39, 0.29) is 30.7 Å². The minimum absolute atomic E-state index is 0.154. The first-order chi connectivity index (χ1) is 13.9. The molecule has 0 spiro atoms. The summed E-state index contributed by atoms with van der Waals surface area (Å²) < 4.78 is 0. The molecule has 0 heterocycles. The van der Waals surface area contributed by atoms with Crippen molar-refractivity contribution in [2.75, 3.05) is 35.6 Å². The van der Waals surface area contributed by atoms with E-state index in [9.17, 15) is 14.4 Å². The standard InChI is InChI=1S/C21H25ClN4O3/c1-3-26(13-12-20(28)25-19-7-5-4-6-18(19)22)14-21(29)24-17-10-8-16(9-11-17)23-15(2)27/h4-11H,3,12-14H2,1-2H3,(H,23,27)(H,24,29)(H,25,28). The van der Waals surface area contributed by atoms with Gasteiger partial charge in [0.25, 0.3) is 0 Å². The molecule has 2 aromatic rings. The van der Waals surface area contributed by atoms with Crippen molar-refractivity contribution in [3.05, 3.63) is 53.6 Å². The Kier molecular flexibility index (Phi) is 8.64. The van der Waals surface area contributed by atoms with Gasteiger partial charge in [-0.05, 0) is 42.9 Å². The fourth-order valence-electron chi connectivity index (χ4n) is 2.63. The molecule has 8 heteroatoms. The maximum Gasteiger partial charge on any atom is 0.238 e. The Labute approximate surface area is 175 Å². The molecule has 0 aliphatic rings. The second-order valence-corrected chi connectivity index (χ2v) is 6.86. The molecule has 7 nitrogen and oxygen atoms in total. The second kappa shape index (κ2) is 11.2. The summed E-state index contributed by atoms with van der Waals surface area (Å²) >= 11 is 6.04. The van der Waals surface area contributed by atoms with E-state index in [1.165, 1.54) is 6.92 Å². The third-order valence-corrected chi connectivity index (χ3v) is 4.44. The summed E-state index contributed by atoms with van der Waals surface area (Å²) in [4.78, 5) is 37.3. The van der Waals surface area contributed by atoms with Gasteiger partial charge in [0.05, 0.1) is 17.3 Å². The van der Waals surface area contributed by atoms with Crippen molar-refractivity contribution in [1.82, 2.24) is 4.90 Å². The van der Waals surface area contributed by atoms with E-state index in [1.54, 1.807) is 48.5 Å². The molecule has 29 heavy (non-hydrogen) atoms. The minimum atomic E-state index is -0.175. The number of para-hydroxylation sites is 1. The number of rotatable bonds is 9. The first kappa shape index (κ1) is 22.4. The highest BCUT2D eigenvalue weighted by molar-refractivity contribution is 6.33. The summed E-state index contributed by atoms with van der Waals surface area (Å²) in [5.41, 5.74) is 1.87. The van der Waals surface area contributed by atoms with E-state index >= 15 is 0 Å². The maximum absolute atomic E-state index is 12.3. The fraction of sp³-hybridized carbons (Fsp3) is 0.286. The van der Waals surface area contributed by atoms with E-state index in [0.717, 1.165) is 0 Å². The smallest absolute Gasteiger partial charge is 0.238 e. The molecule has 154 valence electrons. The van der Waals surface area contributed by atoms with Gasteiger partial charge in [0.2, 0.25) is 17.7 Å². The molecular formula is C21H25ClN4O3. The molecule has 0 aliphatic carbocycles. The van der Waals surface area contributed by atoms with Crippen LogP contribution in [0.3, 0.4) is 0 Å². The molecule has 0 atom stereocenters. The normalized spacial score (nSPS) is 10.5. The number of likely N-dealkylation sites (N-methyl/N-ethyl adjacent to an activating group) is 1. The monoisotopic (exact) mass is 416 g/mol. The third kappa shape index (κ3) is 7.93. The summed E-state index contributed by atoms with van der Waals surface area (Å²) in [5, 5.41) is 8.74. The minimum Gasteiger partial charge on any atom is -0.326 e. The molecule has 3 amide bonds. The zero-order valence-electron chi connectivity index (χ0n) is 16.5. The number of halogens is 1. The molecule has 0 radical (unpaired) electrons. The highest BCUT2D eigenvalue weighted by Gasteiger charge is 2.12. The second-order valence-electron chi connectivity index (χ2n) is 6.45. The van der Waals surface area contributed by atoms with Crippen LogP contribution in [-0.2, 0) is 14.4 Å². The highest BCUT2D eigenvalue weighted by atomic mass is 35.5. The van der Waals surface area contributed by atoms with E-state index in [4.69, 9.17) is 11.6 Å². The van der Waals surface area contributed by atoms with Crippen LogP contribution in [0.5, 0.6) is 0 Å². The van der Waals surface area contributed by atoms with Gasteiger partial charge in [-0.3, -0.25) is 19.3 Å². The van der Waals surface area contributed by atoms with E-state index in [0.29, 0.717) is 35.2 Å². The number of carbonyl (C=O) groups is 3. The van der Waals surface area contributed by atoms with Gasteiger partial charge in [0.15, 0.2) is 0 Å². The van der Waals surface area contributed by atoms with Crippen LogP contribution in [0.25, 0.3) is 0 Å². The lowest BCUT2D eigenvalue weighted by molar-refractivity contribution is -0.119. The van der Waals surface area contributed by atoms with Crippen LogP contribution in [0.2, 0.25) is 5.02 Å². The number of nitrogens with zero attached hydrogens (tertiary/aromatic N) is 1. The molecule has 0 aromatic heterocycles. The molecule has 0 fully saturated rings. The van der Waals surface area contributed by atoms with Crippen molar-refractivity contribution in [3.63, 3.8) is 0 Å². The van der Waals surface area contributed by atoms with Gasteiger partial charge in [-0.1, -0.05) is 30.7 Å². The average molecular weight is 417 g/mol. The van der Waals surface area contributed by atoms with Gasteiger partial charge >= 0.3 is 0 Å².